The Hall–Kier alpha value is -1.27. The number of nitrogens with zero attached hydrogens (tertiary/aromatic N) is 2. The summed E-state index contributed by atoms with van der Waals surface area (Å²) in [6, 6.07) is 2.45. The summed E-state index contributed by atoms with van der Waals surface area (Å²) in [4.78, 5) is 0. The maximum absolute atomic E-state index is 15.1. The first-order valence-corrected chi connectivity index (χ1v) is 9.62. The fourth-order valence-electron chi connectivity index (χ4n) is 3.21. The molecule has 2 nitrogen and oxygen atoms in total. The Balaban J connectivity index is 2.20. The van der Waals surface area contributed by atoms with Crippen molar-refractivity contribution in [3.05, 3.63) is 73.6 Å². The monoisotopic (exact) mass is 574 g/mol. The number of fused-ring (bicyclic) bond motifs is 2. The molecule has 0 saturated carbocycles. The molecule has 140 valence electrons. The van der Waals surface area contributed by atoms with Gasteiger partial charge >= 0.3 is 6.97 Å². The molecule has 12 heteroatoms. The van der Waals surface area contributed by atoms with Gasteiger partial charge in [0.15, 0.2) is 29.0 Å². The van der Waals surface area contributed by atoms with Crippen LogP contribution >= 0.6 is 47.8 Å². The van der Waals surface area contributed by atoms with Gasteiger partial charge < -0.3 is 17.6 Å². The van der Waals surface area contributed by atoms with Gasteiger partial charge in [0.25, 0.3) is 0 Å². The summed E-state index contributed by atoms with van der Waals surface area (Å²) in [6.07, 6.45) is 2.45. The summed E-state index contributed by atoms with van der Waals surface area (Å²) in [5.74, 6) is -6.70. The van der Waals surface area contributed by atoms with E-state index in [1.54, 1.807) is 0 Å². The summed E-state index contributed by atoms with van der Waals surface area (Å²) < 4.78 is 87.5. The van der Waals surface area contributed by atoms with Crippen LogP contribution in [0.4, 0.5) is 26.2 Å². The molecule has 0 atom stereocenters. The van der Waals surface area contributed by atoms with Gasteiger partial charge in [0.05, 0.1) is 20.2 Å². The number of rotatable bonds is 1. The van der Waals surface area contributed by atoms with E-state index in [0.29, 0.717) is 8.96 Å². The summed E-state index contributed by atoms with van der Waals surface area (Å²) >= 11 is 8.41. The minimum Gasteiger partial charge on any atom is -0.389 e. The van der Waals surface area contributed by atoms with Gasteiger partial charge in [0, 0.05) is 33.8 Å². The van der Waals surface area contributed by atoms with E-state index in [0.717, 1.165) is 0 Å². The molecule has 1 aromatic heterocycles. The van der Waals surface area contributed by atoms with Crippen LogP contribution in [0, 0.1) is 23.3 Å². The van der Waals surface area contributed by atoms with Gasteiger partial charge in [0.2, 0.25) is 4.62 Å². The predicted octanol–water partition coefficient (Wildman–Crippen LogP) is 5.94. The lowest BCUT2D eigenvalue weighted by Crippen LogP contribution is -2.50. The zero-order valence-corrected chi connectivity index (χ0v) is 17.4. The molecule has 0 N–H and O–H groups in total. The van der Waals surface area contributed by atoms with Crippen LogP contribution in [0.5, 0.6) is 0 Å². The highest BCUT2D eigenvalue weighted by molar-refractivity contribution is 9.18. The summed E-state index contributed by atoms with van der Waals surface area (Å²) in [6.45, 7) is -4.43. The molecule has 27 heavy (non-hydrogen) atoms. The second-order valence-corrected chi connectivity index (χ2v) is 8.15. The minimum atomic E-state index is -4.43. The van der Waals surface area contributed by atoms with E-state index in [4.69, 9.17) is 0 Å². The van der Waals surface area contributed by atoms with E-state index < -0.39 is 45.8 Å². The molecule has 2 aromatic rings. The van der Waals surface area contributed by atoms with Crippen LogP contribution < -0.4 is 0 Å². The van der Waals surface area contributed by atoms with Crippen molar-refractivity contribution in [1.29, 1.82) is 0 Å². The molecule has 0 amide bonds. The highest BCUT2D eigenvalue weighted by Crippen LogP contribution is 2.44. The summed E-state index contributed by atoms with van der Waals surface area (Å²) in [5.41, 5.74) is -2.05. The van der Waals surface area contributed by atoms with Crippen LogP contribution in [0.25, 0.3) is 5.57 Å². The van der Waals surface area contributed by atoms with Crippen LogP contribution in [0.3, 0.4) is 0 Å². The molecule has 0 spiro atoms. The van der Waals surface area contributed by atoms with E-state index in [1.165, 1.54) is 24.3 Å². The number of hydrogen-bond acceptors (Lipinski definition) is 0. The SMILES string of the molecule is Fc1c(F)c(C2=C3C=CC(Br)=[N+]3[B-](F)(F)n3c(Br)ccc32)c(F)c(F)c1Br. The molecule has 3 heterocycles. The van der Waals surface area contributed by atoms with E-state index in [-0.39, 0.29) is 20.6 Å². The molecule has 0 unspecified atom stereocenters. The van der Waals surface area contributed by atoms with Crippen molar-refractivity contribution in [3.8, 4) is 0 Å². The Labute approximate surface area is 173 Å². The number of benzene rings is 1. The lowest BCUT2D eigenvalue weighted by molar-refractivity contribution is -0.358. The van der Waals surface area contributed by atoms with Crippen molar-refractivity contribution in [2.45, 2.75) is 0 Å². The van der Waals surface area contributed by atoms with Gasteiger partial charge in [0.1, 0.15) is 0 Å². The first-order chi connectivity index (χ1) is 12.6. The molecule has 2 aliphatic rings. The lowest BCUT2D eigenvalue weighted by Gasteiger charge is -2.32. The normalized spacial score (nSPS) is 17.7. The topological polar surface area (TPSA) is 7.94 Å². The van der Waals surface area contributed by atoms with E-state index >= 15 is 8.63 Å². The second-order valence-electron chi connectivity index (χ2n) is 5.73. The van der Waals surface area contributed by atoms with Crippen molar-refractivity contribution >= 4 is 65.0 Å². The minimum absolute atomic E-state index is 0.0647. The van der Waals surface area contributed by atoms with Gasteiger partial charge in [-0.25, -0.2) is 17.6 Å². The number of hydrogen-bond donors (Lipinski definition) is 0. The van der Waals surface area contributed by atoms with Gasteiger partial charge in [-0.3, -0.25) is 0 Å². The lowest BCUT2D eigenvalue weighted by atomic mass is 9.86. The third-order valence-electron chi connectivity index (χ3n) is 4.33. The zero-order valence-electron chi connectivity index (χ0n) is 12.7. The fourth-order valence-corrected chi connectivity index (χ4v) is 4.70. The van der Waals surface area contributed by atoms with Crippen molar-refractivity contribution < 1.29 is 30.7 Å². The quantitative estimate of drug-likeness (QED) is 0.172. The zero-order chi connectivity index (χ0) is 19.8. The third kappa shape index (κ3) is 2.42. The summed E-state index contributed by atoms with van der Waals surface area (Å²) in [5, 5.41) is 0. The first kappa shape index (κ1) is 19.1. The first-order valence-electron chi connectivity index (χ1n) is 7.24. The van der Waals surface area contributed by atoms with E-state index in [9.17, 15) is 17.6 Å². The van der Waals surface area contributed by atoms with E-state index in [2.05, 4.69) is 47.8 Å². The Morgan fingerprint density at radius 3 is 2.04 bits per heavy atom. The highest BCUT2D eigenvalue weighted by atomic mass is 79.9. The standard InChI is InChI=1S/C15H4BBr3F6N2/c17-7-3-1-5-9(10-12(20)14(22)11(19)15(23)13(10)21)6-2-4-8(18)27(6)16(24,25)26(5)7/h1-4H. The Kier molecular flexibility index (Phi) is 4.32. The van der Waals surface area contributed by atoms with Crippen molar-refractivity contribution in [3.63, 3.8) is 0 Å². The van der Waals surface area contributed by atoms with Crippen molar-refractivity contribution in [2.75, 3.05) is 0 Å². The Morgan fingerprint density at radius 1 is 0.852 bits per heavy atom. The molecular formula is C15H4BBr3F6N2. The Morgan fingerprint density at radius 2 is 1.44 bits per heavy atom. The molecule has 4 rings (SSSR count). The molecule has 0 bridgehead atoms. The fraction of sp³-hybridized carbons (Fsp3) is 0. The van der Waals surface area contributed by atoms with Crippen LogP contribution in [0.2, 0.25) is 0 Å². The molecular weight excluding hydrogens is 573 g/mol. The molecule has 2 aliphatic heterocycles. The average molecular weight is 577 g/mol. The Bertz CT molecular complexity index is 1110. The van der Waals surface area contributed by atoms with Gasteiger partial charge in [-0.2, -0.15) is 0 Å². The van der Waals surface area contributed by atoms with Crippen molar-refractivity contribution in [2.24, 2.45) is 0 Å². The largest absolute Gasteiger partial charge is 0.738 e. The molecule has 0 radical (unpaired) electrons. The smallest absolute Gasteiger partial charge is 0.389 e. The summed E-state index contributed by atoms with van der Waals surface area (Å²) in [7, 11) is 0. The molecule has 0 saturated heterocycles. The maximum atomic E-state index is 15.1. The number of allylic oxidation sites excluding steroid dienone is 2. The molecule has 1 aromatic carbocycles. The molecule has 0 aliphatic carbocycles. The van der Waals surface area contributed by atoms with Crippen LogP contribution in [-0.2, 0) is 0 Å². The highest BCUT2D eigenvalue weighted by Gasteiger charge is 2.55. The number of halogens is 9. The maximum Gasteiger partial charge on any atom is 0.738 e. The predicted molar refractivity (Wildman–Crippen MR) is 98.8 cm³/mol. The van der Waals surface area contributed by atoms with Gasteiger partial charge in [-0.1, -0.05) is 0 Å². The van der Waals surface area contributed by atoms with Gasteiger partial charge in [-0.15, -0.1) is 0 Å². The third-order valence-corrected chi connectivity index (χ3v) is 6.32. The molecule has 0 fully saturated rings. The van der Waals surface area contributed by atoms with E-state index in [1.807, 2.05) is 0 Å². The van der Waals surface area contributed by atoms with Gasteiger partial charge in [-0.05, 0) is 44.0 Å². The van der Waals surface area contributed by atoms with Crippen LogP contribution in [0.1, 0.15) is 11.3 Å². The van der Waals surface area contributed by atoms with Crippen molar-refractivity contribution in [1.82, 2.24) is 4.48 Å². The van der Waals surface area contributed by atoms with Crippen LogP contribution in [0.15, 0.2) is 39.1 Å². The average Bonchev–Trinajstić information content (AvgIpc) is 3.19. The van der Waals surface area contributed by atoms with Crippen LogP contribution in [-0.4, -0.2) is 20.6 Å². The second kappa shape index (κ2) is 6.12. The number of aromatic nitrogens is 1.